The minimum absolute atomic E-state index is 0.754. The van der Waals surface area contributed by atoms with Gasteiger partial charge in [-0.15, -0.1) is 0 Å². The van der Waals surface area contributed by atoms with Gasteiger partial charge in [-0.2, -0.15) is 0 Å². The van der Waals surface area contributed by atoms with Gasteiger partial charge in [-0.3, -0.25) is 0 Å². The smallest absolute Gasteiger partial charge is 0.0480 e. The van der Waals surface area contributed by atoms with Gasteiger partial charge in [-0.1, -0.05) is 13.8 Å². The monoisotopic (exact) mass is 256 g/mol. The van der Waals surface area contributed by atoms with Crippen LogP contribution in [0.15, 0.2) is 0 Å². The average Bonchev–Trinajstić information content (AvgIpc) is 2.72. The standard InChI is InChI=1S/C15H32N2O/c1-14(2)13-16-9-4-5-11-18-12-8-15-7-6-10-17(15)3/h14-16H,4-13H2,1-3H3. The van der Waals surface area contributed by atoms with Gasteiger partial charge in [0.25, 0.3) is 0 Å². The Morgan fingerprint density at radius 1 is 1.28 bits per heavy atom. The minimum Gasteiger partial charge on any atom is -0.381 e. The predicted molar refractivity (Wildman–Crippen MR) is 78.0 cm³/mol. The number of nitrogens with zero attached hydrogens (tertiary/aromatic N) is 1. The first-order valence-electron chi connectivity index (χ1n) is 7.69. The van der Waals surface area contributed by atoms with Gasteiger partial charge in [-0.25, -0.2) is 0 Å². The molecule has 0 bridgehead atoms. The third-order valence-electron chi connectivity index (χ3n) is 3.71. The lowest BCUT2D eigenvalue weighted by Crippen LogP contribution is -2.26. The highest BCUT2D eigenvalue weighted by Gasteiger charge is 2.19. The molecule has 18 heavy (non-hydrogen) atoms. The van der Waals surface area contributed by atoms with Crippen LogP contribution in [0.5, 0.6) is 0 Å². The van der Waals surface area contributed by atoms with Crippen LogP contribution in [0.2, 0.25) is 0 Å². The van der Waals surface area contributed by atoms with Gasteiger partial charge in [0, 0.05) is 19.3 Å². The molecule has 1 saturated heterocycles. The number of unbranched alkanes of at least 4 members (excludes halogenated alkanes) is 1. The van der Waals surface area contributed by atoms with Crippen LogP contribution in [-0.2, 0) is 4.74 Å². The van der Waals surface area contributed by atoms with E-state index in [4.69, 9.17) is 4.74 Å². The molecule has 0 saturated carbocycles. The van der Waals surface area contributed by atoms with Crippen molar-refractivity contribution in [2.24, 2.45) is 5.92 Å². The molecule has 1 unspecified atom stereocenters. The molecule has 0 aromatic carbocycles. The molecule has 0 aromatic rings. The van der Waals surface area contributed by atoms with Crippen LogP contribution in [0.3, 0.4) is 0 Å². The molecule has 1 atom stereocenters. The fraction of sp³-hybridized carbons (Fsp3) is 1.00. The maximum atomic E-state index is 5.72. The second-order valence-corrected chi connectivity index (χ2v) is 5.98. The molecule has 1 heterocycles. The van der Waals surface area contributed by atoms with Gasteiger partial charge in [0.15, 0.2) is 0 Å². The van der Waals surface area contributed by atoms with Gasteiger partial charge in [-0.05, 0) is 64.7 Å². The minimum atomic E-state index is 0.754. The van der Waals surface area contributed by atoms with Crippen molar-refractivity contribution < 1.29 is 4.74 Å². The normalized spacial score (nSPS) is 21.0. The van der Waals surface area contributed by atoms with Gasteiger partial charge < -0.3 is 15.0 Å². The topological polar surface area (TPSA) is 24.5 Å². The summed E-state index contributed by atoms with van der Waals surface area (Å²) < 4.78 is 5.72. The Morgan fingerprint density at radius 3 is 2.78 bits per heavy atom. The van der Waals surface area contributed by atoms with E-state index in [0.717, 1.165) is 38.3 Å². The first-order valence-corrected chi connectivity index (χ1v) is 7.69. The summed E-state index contributed by atoms with van der Waals surface area (Å²) in [5.74, 6) is 0.754. The first kappa shape index (κ1) is 15.9. The number of hydrogen-bond donors (Lipinski definition) is 1. The summed E-state index contributed by atoms with van der Waals surface area (Å²) in [6.45, 7) is 9.90. The fourth-order valence-corrected chi connectivity index (χ4v) is 2.51. The molecule has 0 aliphatic carbocycles. The van der Waals surface area contributed by atoms with Crippen molar-refractivity contribution in [3.8, 4) is 0 Å². The third kappa shape index (κ3) is 7.34. The summed E-state index contributed by atoms with van der Waals surface area (Å²) in [4.78, 5) is 2.47. The van der Waals surface area contributed by atoms with Crippen LogP contribution in [0.1, 0.15) is 46.0 Å². The highest BCUT2D eigenvalue weighted by Crippen LogP contribution is 2.17. The van der Waals surface area contributed by atoms with Crippen molar-refractivity contribution in [2.45, 2.75) is 52.0 Å². The zero-order chi connectivity index (χ0) is 13.2. The van der Waals surface area contributed by atoms with Crippen molar-refractivity contribution in [3.05, 3.63) is 0 Å². The van der Waals surface area contributed by atoms with E-state index in [2.05, 4.69) is 31.1 Å². The molecule has 1 N–H and O–H groups in total. The second-order valence-electron chi connectivity index (χ2n) is 5.98. The number of likely N-dealkylation sites (tertiary alicyclic amines) is 1. The van der Waals surface area contributed by atoms with Crippen LogP contribution >= 0.6 is 0 Å². The maximum Gasteiger partial charge on any atom is 0.0480 e. The molecule has 1 rings (SSSR count). The molecule has 1 fully saturated rings. The van der Waals surface area contributed by atoms with Gasteiger partial charge in [0.05, 0.1) is 0 Å². The van der Waals surface area contributed by atoms with E-state index in [1.54, 1.807) is 0 Å². The summed E-state index contributed by atoms with van der Waals surface area (Å²) in [6.07, 6.45) is 6.35. The summed E-state index contributed by atoms with van der Waals surface area (Å²) in [5, 5.41) is 3.46. The van der Waals surface area contributed by atoms with Crippen LogP contribution in [0, 0.1) is 5.92 Å². The zero-order valence-corrected chi connectivity index (χ0v) is 12.6. The van der Waals surface area contributed by atoms with Crippen LogP contribution < -0.4 is 5.32 Å². The van der Waals surface area contributed by atoms with Crippen molar-refractivity contribution in [1.29, 1.82) is 0 Å². The lowest BCUT2D eigenvalue weighted by Gasteiger charge is -2.18. The Kier molecular flexibility index (Phi) is 8.64. The van der Waals surface area contributed by atoms with Crippen molar-refractivity contribution >= 4 is 0 Å². The Morgan fingerprint density at radius 2 is 2.11 bits per heavy atom. The molecule has 3 nitrogen and oxygen atoms in total. The number of nitrogens with one attached hydrogen (secondary N) is 1. The van der Waals surface area contributed by atoms with Gasteiger partial charge in [0.2, 0.25) is 0 Å². The van der Waals surface area contributed by atoms with Crippen molar-refractivity contribution in [2.75, 3.05) is 39.9 Å². The molecule has 1 aliphatic rings. The van der Waals surface area contributed by atoms with Crippen LogP contribution in [0.4, 0.5) is 0 Å². The number of rotatable bonds is 10. The van der Waals surface area contributed by atoms with E-state index in [0.29, 0.717) is 0 Å². The number of ether oxygens (including phenoxy) is 1. The van der Waals surface area contributed by atoms with Gasteiger partial charge >= 0.3 is 0 Å². The largest absolute Gasteiger partial charge is 0.381 e. The Balaban J connectivity index is 1.78. The average molecular weight is 256 g/mol. The lowest BCUT2D eigenvalue weighted by atomic mass is 10.1. The third-order valence-corrected chi connectivity index (χ3v) is 3.71. The second kappa shape index (κ2) is 9.76. The predicted octanol–water partition coefficient (Wildman–Crippen LogP) is 2.51. The van der Waals surface area contributed by atoms with Gasteiger partial charge in [0.1, 0.15) is 0 Å². The van der Waals surface area contributed by atoms with E-state index >= 15 is 0 Å². The Labute approximate surface area is 113 Å². The maximum absolute atomic E-state index is 5.72. The SMILES string of the molecule is CC(C)CNCCCCOCCC1CCCN1C. The summed E-state index contributed by atoms with van der Waals surface area (Å²) in [6, 6.07) is 0.776. The quantitative estimate of drug-likeness (QED) is 0.608. The van der Waals surface area contributed by atoms with E-state index in [1.807, 2.05) is 0 Å². The highest BCUT2D eigenvalue weighted by atomic mass is 16.5. The summed E-state index contributed by atoms with van der Waals surface area (Å²) >= 11 is 0. The first-order chi connectivity index (χ1) is 8.70. The highest BCUT2D eigenvalue weighted by molar-refractivity contribution is 4.75. The Hall–Kier alpha value is -0.120. The van der Waals surface area contributed by atoms with E-state index in [1.165, 1.54) is 38.6 Å². The summed E-state index contributed by atoms with van der Waals surface area (Å²) in [5.41, 5.74) is 0. The van der Waals surface area contributed by atoms with Crippen LogP contribution in [0.25, 0.3) is 0 Å². The molecular weight excluding hydrogens is 224 g/mol. The molecular formula is C15H32N2O. The molecule has 1 aliphatic heterocycles. The summed E-state index contributed by atoms with van der Waals surface area (Å²) in [7, 11) is 2.23. The molecule has 0 aromatic heterocycles. The Bertz CT molecular complexity index is 197. The molecule has 3 heteroatoms. The molecule has 108 valence electrons. The molecule has 0 amide bonds. The zero-order valence-electron chi connectivity index (χ0n) is 12.6. The van der Waals surface area contributed by atoms with Crippen molar-refractivity contribution in [1.82, 2.24) is 10.2 Å². The van der Waals surface area contributed by atoms with E-state index in [9.17, 15) is 0 Å². The number of hydrogen-bond acceptors (Lipinski definition) is 3. The van der Waals surface area contributed by atoms with E-state index < -0.39 is 0 Å². The van der Waals surface area contributed by atoms with E-state index in [-0.39, 0.29) is 0 Å². The van der Waals surface area contributed by atoms with Crippen LogP contribution in [-0.4, -0.2) is 50.8 Å². The fourth-order valence-electron chi connectivity index (χ4n) is 2.51. The lowest BCUT2D eigenvalue weighted by molar-refractivity contribution is 0.110. The van der Waals surface area contributed by atoms with Crippen molar-refractivity contribution in [3.63, 3.8) is 0 Å². The molecule has 0 spiro atoms. The molecule has 0 radical (unpaired) electrons.